The standard InChI is InChI=1S/C13H23N7O/c1-4-19(5-2)12-16-11(15-3)17-13(18-12)20-7-6-9(8-20)10(14)21/h9H,4-8H2,1-3H3,(H2,14,21)(H,15,16,17,18). The smallest absolute Gasteiger partial charge is 0.231 e. The highest BCUT2D eigenvalue weighted by atomic mass is 16.1. The van der Waals surface area contributed by atoms with Crippen LogP contribution in [0.2, 0.25) is 0 Å². The lowest BCUT2D eigenvalue weighted by Gasteiger charge is -2.22. The maximum atomic E-state index is 11.3. The van der Waals surface area contributed by atoms with Crippen LogP contribution in [-0.2, 0) is 4.79 Å². The van der Waals surface area contributed by atoms with Crippen molar-refractivity contribution in [2.75, 3.05) is 48.3 Å². The Morgan fingerprint density at radius 1 is 1.38 bits per heavy atom. The van der Waals surface area contributed by atoms with Crippen molar-refractivity contribution < 1.29 is 4.79 Å². The van der Waals surface area contributed by atoms with Crippen LogP contribution >= 0.6 is 0 Å². The SMILES string of the molecule is CCN(CC)c1nc(NC)nc(N2CCC(C(N)=O)C2)n1. The van der Waals surface area contributed by atoms with Crippen molar-refractivity contribution in [1.29, 1.82) is 0 Å². The molecule has 21 heavy (non-hydrogen) atoms. The van der Waals surface area contributed by atoms with Crippen molar-refractivity contribution in [1.82, 2.24) is 15.0 Å². The summed E-state index contributed by atoms with van der Waals surface area (Å²) in [7, 11) is 1.78. The number of hydrogen-bond donors (Lipinski definition) is 2. The number of nitrogens with one attached hydrogen (secondary N) is 1. The van der Waals surface area contributed by atoms with Crippen LogP contribution in [0.4, 0.5) is 17.8 Å². The summed E-state index contributed by atoms with van der Waals surface area (Å²) in [5.74, 6) is 1.39. The minimum atomic E-state index is -0.260. The third kappa shape index (κ3) is 3.32. The van der Waals surface area contributed by atoms with Gasteiger partial charge in [0.05, 0.1) is 5.92 Å². The molecule has 8 heteroatoms. The molecule has 3 N–H and O–H groups in total. The van der Waals surface area contributed by atoms with Gasteiger partial charge in [-0.1, -0.05) is 0 Å². The fraction of sp³-hybridized carbons (Fsp3) is 0.692. The van der Waals surface area contributed by atoms with E-state index in [0.717, 1.165) is 26.1 Å². The van der Waals surface area contributed by atoms with Gasteiger partial charge < -0.3 is 20.9 Å². The maximum Gasteiger partial charge on any atom is 0.231 e. The van der Waals surface area contributed by atoms with Gasteiger partial charge >= 0.3 is 0 Å². The summed E-state index contributed by atoms with van der Waals surface area (Å²) in [6, 6.07) is 0. The Kier molecular flexibility index (Phi) is 4.77. The van der Waals surface area contributed by atoms with Gasteiger partial charge in [0.25, 0.3) is 0 Å². The molecule has 116 valence electrons. The lowest BCUT2D eigenvalue weighted by molar-refractivity contribution is -0.121. The zero-order valence-corrected chi connectivity index (χ0v) is 12.8. The molecule has 1 aliphatic rings. The molecular weight excluding hydrogens is 270 g/mol. The second-order valence-corrected chi connectivity index (χ2v) is 5.02. The van der Waals surface area contributed by atoms with Crippen molar-refractivity contribution >= 4 is 23.8 Å². The molecule has 1 fully saturated rings. The Labute approximate surface area is 124 Å². The minimum Gasteiger partial charge on any atom is -0.369 e. The maximum absolute atomic E-state index is 11.3. The molecule has 0 aliphatic carbocycles. The van der Waals surface area contributed by atoms with Crippen LogP contribution < -0.4 is 20.9 Å². The molecule has 1 unspecified atom stereocenters. The van der Waals surface area contributed by atoms with Crippen molar-refractivity contribution in [2.24, 2.45) is 11.7 Å². The zero-order chi connectivity index (χ0) is 15.4. The summed E-state index contributed by atoms with van der Waals surface area (Å²) in [5, 5.41) is 2.96. The van der Waals surface area contributed by atoms with Gasteiger partial charge in [0.1, 0.15) is 0 Å². The van der Waals surface area contributed by atoms with Crippen molar-refractivity contribution in [3.63, 3.8) is 0 Å². The molecule has 2 rings (SSSR count). The molecule has 1 amide bonds. The predicted molar refractivity (Wildman–Crippen MR) is 82.4 cm³/mol. The van der Waals surface area contributed by atoms with E-state index >= 15 is 0 Å². The first-order chi connectivity index (χ1) is 10.1. The Balaban J connectivity index is 2.27. The van der Waals surface area contributed by atoms with E-state index in [4.69, 9.17) is 5.73 Å². The first kappa shape index (κ1) is 15.3. The fourth-order valence-electron chi connectivity index (χ4n) is 2.43. The molecule has 0 spiro atoms. The van der Waals surface area contributed by atoms with E-state index in [0.29, 0.717) is 24.4 Å². The monoisotopic (exact) mass is 293 g/mol. The van der Waals surface area contributed by atoms with E-state index in [9.17, 15) is 4.79 Å². The highest BCUT2D eigenvalue weighted by Gasteiger charge is 2.29. The molecule has 1 saturated heterocycles. The molecule has 2 heterocycles. The number of nitrogens with two attached hydrogens (primary N) is 1. The van der Waals surface area contributed by atoms with Crippen molar-refractivity contribution in [3.05, 3.63) is 0 Å². The number of amides is 1. The van der Waals surface area contributed by atoms with E-state index in [-0.39, 0.29) is 11.8 Å². The van der Waals surface area contributed by atoms with Gasteiger partial charge in [-0.05, 0) is 20.3 Å². The van der Waals surface area contributed by atoms with Crippen LogP contribution in [0.15, 0.2) is 0 Å². The van der Waals surface area contributed by atoms with Crippen molar-refractivity contribution in [2.45, 2.75) is 20.3 Å². The third-order valence-electron chi connectivity index (χ3n) is 3.76. The number of nitrogens with zero attached hydrogens (tertiary/aromatic N) is 5. The molecule has 0 radical (unpaired) electrons. The largest absolute Gasteiger partial charge is 0.369 e. The van der Waals surface area contributed by atoms with E-state index < -0.39 is 0 Å². The van der Waals surface area contributed by atoms with Gasteiger partial charge in [-0.15, -0.1) is 0 Å². The second-order valence-electron chi connectivity index (χ2n) is 5.02. The Morgan fingerprint density at radius 3 is 2.62 bits per heavy atom. The summed E-state index contributed by atoms with van der Waals surface area (Å²) in [6.07, 6.45) is 0.747. The van der Waals surface area contributed by atoms with Gasteiger partial charge in [0.15, 0.2) is 0 Å². The molecule has 0 bridgehead atoms. The van der Waals surface area contributed by atoms with E-state index in [2.05, 4.69) is 39.0 Å². The number of aromatic nitrogens is 3. The second kappa shape index (κ2) is 6.55. The Hall–Kier alpha value is -2.12. The quantitative estimate of drug-likeness (QED) is 0.765. The number of carbonyl (C=O) groups excluding carboxylic acids is 1. The Morgan fingerprint density at radius 2 is 2.10 bits per heavy atom. The van der Waals surface area contributed by atoms with Crippen LogP contribution in [0.5, 0.6) is 0 Å². The van der Waals surface area contributed by atoms with Gasteiger partial charge in [0.2, 0.25) is 23.8 Å². The van der Waals surface area contributed by atoms with Gasteiger partial charge in [-0.2, -0.15) is 15.0 Å². The topological polar surface area (TPSA) is 100 Å². The number of carbonyl (C=O) groups is 1. The zero-order valence-electron chi connectivity index (χ0n) is 12.8. The van der Waals surface area contributed by atoms with Gasteiger partial charge in [-0.3, -0.25) is 4.79 Å². The van der Waals surface area contributed by atoms with Gasteiger partial charge in [-0.25, -0.2) is 0 Å². The number of rotatable bonds is 6. The van der Waals surface area contributed by atoms with Crippen LogP contribution in [0.1, 0.15) is 20.3 Å². The van der Waals surface area contributed by atoms with Gasteiger partial charge in [0, 0.05) is 33.2 Å². The first-order valence-corrected chi connectivity index (χ1v) is 7.32. The average molecular weight is 293 g/mol. The highest BCUT2D eigenvalue weighted by molar-refractivity contribution is 5.78. The molecule has 8 nitrogen and oxygen atoms in total. The predicted octanol–water partition coefficient (Wildman–Crippen LogP) is 0.0711. The minimum absolute atomic E-state index is 0.128. The van der Waals surface area contributed by atoms with Crippen LogP contribution in [0.3, 0.4) is 0 Å². The normalized spacial score (nSPS) is 17.9. The summed E-state index contributed by atoms with van der Waals surface area (Å²) in [6.45, 7) is 7.08. The van der Waals surface area contributed by atoms with E-state index in [1.807, 2.05) is 4.90 Å². The van der Waals surface area contributed by atoms with Crippen LogP contribution in [-0.4, -0.2) is 54.1 Å². The average Bonchev–Trinajstić information content (AvgIpc) is 2.98. The lowest BCUT2D eigenvalue weighted by atomic mass is 10.1. The van der Waals surface area contributed by atoms with Crippen molar-refractivity contribution in [3.8, 4) is 0 Å². The lowest BCUT2D eigenvalue weighted by Crippen LogP contribution is -2.30. The molecule has 1 aromatic heterocycles. The third-order valence-corrected chi connectivity index (χ3v) is 3.76. The number of primary amides is 1. The molecule has 1 atom stereocenters. The highest BCUT2D eigenvalue weighted by Crippen LogP contribution is 2.23. The van der Waals surface area contributed by atoms with Crippen LogP contribution in [0.25, 0.3) is 0 Å². The fourth-order valence-corrected chi connectivity index (χ4v) is 2.43. The molecule has 1 aromatic rings. The summed E-state index contributed by atoms with van der Waals surface area (Å²) < 4.78 is 0. The number of anilines is 3. The summed E-state index contributed by atoms with van der Waals surface area (Å²) in [5.41, 5.74) is 5.38. The van der Waals surface area contributed by atoms with E-state index in [1.54, 1.807) is 7.05 Å². The summed E-state index contributed by atoms with van der Waals surface area (Å²) >= 11 is 0. The molecule has 1 aliphatic heterocycles. The molecule has 0 aromatic carbocycles. The molecular formula is C13H23N7O. The summed E-state index contributed by atoms with van der Waals surface area (Å²) in [4.78, 5) is 28.7. The molecule has 0 saturated carbocycles. The number of hydrogen-bond acceptors (Lipinski definition) is 7. The van der Waals surface area contributed by atoms with E-state index in [1.165, 1.54) is 0 Å². The first-order valence-electron chi connectivity index (χ1n) is 7.32. The Bertz CT molecular complexity index is 503. The van der Waals surface area contributed by atoms with Crippen LogP contribution in [0, 0.1) is 5.92 Å².